The van der Waals surface area contributed by atoms with E-state index < -0.39 is 6.04 Å². The molecule has 0 saturated heterocycles. The molecule has 3 atom stereocenters. The molecule has 0 aliphatic carbocycles. The van der Waals surface area contributed by atoms with Crippen LogP contribution >= 0.6 is 23.2 Å². The maximum Gasteiger partial charge on any atom is 0.273 e. The molecule has 1 unspecified atom stereocenters. The van der Waals surface area contributed by atoms with Crippen molar-refractivity contribution in [1.29, 1.82) is 0 Å². The van der Waals surface area contributed by atoms with Gasteiger partial charge in [-0.15, -0.1) is 0 Å². The molecule has 3 amide bonds. The van der Waals surface area contributed by atoms with Gasteiger partial charge in [-0.1, -0.05) is 35.3 Å². The molecule has 0 saturated carbocycles. The third-order valence-corrected chi connectivity index (χ3v) is 8.81. The van der Waals surface area contributed by atoms with Gasteiger partial charge in [-0.05, 0) is 49.7 Å². The first-order valence-corrected chi connectivity index (χ1v) is 14.3. The maximum atomic E-state index is 14.2. The summed E-state index contributed by atoms with van der Waals surface area (Å²) >= 11 is 12.3. The zero-order valence-electron chi connectivity index (χ0n) is 23.2. The van der Waals surface area contributed by atoms with Gasteiger partial charge in [-0.3, -0.25) is 14.4 Å². The van der Waals surface area contributed by atoms with Crippen molar-refractivity contribution in [2.75, 3.05) is 13.6 Å². The molecule has 6 rings (SSSR count). The van der Waals surface area contributed by atoms with Crippen LogP contribution in [0.3, 0.4) is 0 Å². The van der Waals surface area contributed by atoms with Gasteiger partial charge in [-0.2, -0.15) is 10.2 Å². The summed E-state index contributed by atoms with van der Waals surface area (Å²) in [6.45, 7) is 4.20. The number of likely N-dealkylation sites (N-methyl/N-ethyl adjacent to an activating group) is 1. The molecule has 4 aromatic rings. The average Bonchev–Trinajstić information content (AvgIpc) is 3.66. The normalized spacial score (nSPS) is 18.8. The van der Waals surface area contributed by atoms with Crippen molar-refractivity contribution in [1.82, 2.24) is 39.7 Å². The van der Waals surface area contributed by atoms with Gasteiger partial charge in [0.1, 0.15) is 24.4 Å². The first-order valence-electron chi connectivity index (χ1n) is 13.5. The third-order valence-electron chi connectivity index (χ3n) is 8.07. The second kappa shape index (κ2) is 10.9. The van der Waals surface area contributed by atoms with Gasteiger partial charge in [0.05, 0.1) is 40.6 Å². The molecular formula is C29H28Cl2N8O3. The maximum absolute atomic E-state index is 14.2. The molecule has 42 heavy (non-hydrogen) atoms. The minimum absolute atomic E-state index is 0.152. The lowest BCUT2D eigenvalue weighted by atomic mass is 9.96. The summed E-state index contributed by atoms with van der Waals surface area (Å²) in [5.74, 6) is -0.720. The highest BCUT2D eigenvalue weighted by molar-refractivity contribution is 6.42. The molecule has 0 radical (unpaired) electrons. The summed E-state index contributed by atoms with van der Waals surface area (Å²) < 4.78 is 3.20. The molecule has 2 aliphatic rings. The molecule has 2 aromatic heterocycles. The minimum atomic E-state index is -0.722. The molecule has 1 N–H and O–H groups in total. The Labute approximate surface area is 252 Å². The zero-order chi connectivity index (χ0) is 29.7. The highest BCUT2D eigenvalue weighted by Crippen LogP contribution is 2.36. The van der Waals surface area contributed by atoms with Crippen LogP contribution in [0.15, 0.2) is 55.1 Å². The number of hydrogen-bond acceptors (Lipinski definition) is 6. The van der Waals surface area contributed by atoms with Crippen LogP contribution < -0.4 is 5.32 Å². The quantitative estimate of drug-likeness (QED) is 0.368. The number of rotatable bonds is 5. The standard InChI is InChI=1S/C29H28Cl2N8O3/c1-16-10-24-21(12-36(16)28(41)19-6-9-22(30)23(31)11-19)26-29(42)37(13-25(27(40)32-3)39(26)35-24)17(2)18-4-7-20(8-5-18)38-15-33-14-34-38/h4-9,11,14-17,25H,10,12-13H2,1-3H3,(H,32,40)/t16-,17?,25+/m1/s1. The van der Waals surface area contributed by atoms with E-state index in [2.05, 4.69) is 15.4 Å². The predicted molar refractivity (Wildman–Crippen MR) is 156 cm³/mol. The second-order valence-electron chi connectivity index (χ2n) is 10.5. The number of nitrogens with zero attached hydrogens (tertiary/aromatic N) is 7. The van der Waals surface area contributed by atoms with Crippen molar-refractivity contribution >= 4 is 40.9 Å². The Bertz CT molecular complexity index is 1690. The Morgan fingerprint density at radius 3 is 2.52 bits per heavy atom. The van der Waals surface area contributed by atoms with Gasteiger partial charge in [0, 0.05) is 30.6 Å². The van der Waals surface area contributed by atoms with Crippen LogP contribution in [0.1, 0.15) is 63.6 Å². The molecule has 0 fully saturated rings. The number of carbonyl (C=O) groups is 3. The van der Waals surface area contributed by atoms with Crippen molar-refractivity contribution in [3.63, 3.8) is 0 Å². The van der Waals surface area contributed by atoms with Crippen molar-refractivity contribution in [3.8, 4) is 5.69 Å². The Hall–Kier alpha value is -4.22. The lowest BCUT2D eigenvalue weighted by Crippen LogP contribution is -2.49. The average molecular weight is 608 g/mol. The largest absolute Gasteiger partial charge is 0.357 e. The number of fused-ring (bicyclic) bond motifs is 3. The molecule has 2 aromatic carbocycles. The van der Waals surface area contributed by atoms with Gasteiger partial charge in [-0.25, -0.2) is 14.3 Å². The molecule has 4 heterocycles. The smallest absolute Gasteiger partial charge is 0.273 e. The first-order chi connectivity index (χ1) is 20.2. The zero-order valence-corrected chi connectivity index (χ0v) is 24.7. The number of amides is 3. The number of aromatic nitrogens is 5. The van der Waals surface area contributed by atoms with Gasteiger partial charge >= 0.3 is 0 Å². The highest BCUT2D eigenvalue weighted by atomic mass is 35.5. The van der Waals surface area contributed by atoms with E-state index in [-0.39, 0.29) is 42.9 Å². The monoisotopic (exact) mass is 606 g/mol. The number of hydrogen-bond donors (Lipinski definition) is 1. The van der Waals surface area contributed by atoms with E-state index in [0.717, 1.165) is 11.3 Å². The van der Waals surface area contributed by atoms with E-state index in [1.54, 1.807) is 50.7 Å². The summed E-state index contributed by atoms with van der Waals surface area (Å²) in [6.07, 6.45) is 3.52. The van der Waals surface area contributed by atoms with E-state index in [9.17, 15) is 14.4 Å². The van der Waals surface area contributed by atoms with Crippen LogP contribution in [0, 0.1) is 0 Å². The van der Waals surface area contributed by atoms with Crippen molar-refractivity contribution in [3.05, 3.63) is 93.2 Å². The van der Waals surface area contributed by atoms with E-state index in [4.69, 9.17) is 28.3 Å². The molecule has 216 valence electrons. The predicted octanol–water partition coefficient (Wildman–Crippen LogP) is 3.86. The Morgan fingerprint density at radius 2 is 1.86 bits per heavy atom. The van der Waals surface area contributed by atoms with Crippen LogP contribution in [0.25, 0.3) is 5.69 Å². The fourth-order valence-corrected chi connectivity index (χ4v) is 5.98. The number of carbonyl (C=O) groups excluding carboxylic acids is 3. The Balaban J connectivity index is 1.35. The van der Waals surface area contributed by atoms with Crippen molar-refractivity contribution in [2.45, 2.75) is 44.9 Å². The Morgan fingerprint density at radius 1 is 1.10 bits per heavy atom. The second-order valence-corrected chi connectivity index (χ2v) is 11.3. The lowest BCUT2D eigenvalue weighted by molar-refractivity contribution is -0.125. The molecule has 2 aliphatic heterocycles. The third kappa shape index (κ3) is 4.72. The fourth-order valence-electron chi connectivity index (χ4n) is 5.69. The molecule has 0 bridgehead atoms. The summed E-state index contributed by atoms with van der Waals surface area (Å²) in [5.41, 5.74) is 3.83. The lowest BCUT2D eigenvalue weighted by Gasteiger charge is -2.38. The van der Waals surface area contributed by atoms with Crippen LogP contribution in [0.2, 0.25) is 10.0 Å². The first kappa shape index (κ1) is 27.9. The van der Waals surface area contributed by atoms with Crippen LogP contribution in [0.5, 0.6) is 0 Å². The van der Waals surface area contributed by atoms with Crippen LogP contribution in [-0.4, -0.2) is 71.7 Å². The summed E-state index contributed by atoms with van der Waals surface area (Å²) in [7, 11) is 1.57. The molecule has 0 spiro atoms. The molecular weight excluding hydrogens is 579 g/mol. The highest BCUT2D eigenvalue weighted by Gasteiger charge is 2.43. The van der Waals surface area contributed by atoms with Gasteiger partial charge in [0.2, 0.25) is 5.91 Å². The molecule has 13 heteroatoms. The summed E-state index contributed by atoms with van der Waals surface area (Å²) in [6, 6.07) is 11.2. The topological polar surface area (TPSA) is 118 Å². The summed E-state index contributed by atoms with van der Waals surface area (Å²) in [4.78, 5) is 48.2. The number of benzene rings is 2. The Kier molecular flexibility index (Phi) is 7.24. The van der Waals surface area contributed by atoms with E-state index in [0.29, 0.717) is 39.0 Å². The van der Waals surface area contributed by atoms with Crippen LogP contribution in [-0.2, 0) is 17.8 Å². The van der Waals surface area contributed by atoms with Crippen molar-refractivity contribution < 1.29 is 14.4 Å². The van der Waals surface area contributed by atoms with Crippen LogP contribution in [0.4, 0.5) is 0 Å². The fraction of sp³-hybridized carbons (Fsp3) is 0.310. The van der Waals surface area contributed by atoms with E-state index >= 15 is 0 Å². The van der Waals surface area contributed by atoms with Gasteiger partial charge in [0.15, 0.2) is 0 Å². The van der Waals surface area contributed by atoms with Gasteiger partial charge in [0.25, 0.3) is 11.8 Å². The van der Waals surface area contributed by atoms with Crippen molar-refractivity contribution in [2.24, 2.45) is 0 Å². The SMILES string of the molecule is CNC(=O)[C@@H]1CN(C(C)c2ccc(-n3cncn3)cc2)C(=O)c2c3c(nn21)C[C@@H](C)N(C(=O)c1ccc(Cl)c(Cl)c1)C3. The summed E-state index contributed by atoms with van der Waals surface area (Å²) in [5, 5.41) is 12.3. The van der Waals surface area contributed by atoms with E-state index in [1.807, 2.05) is 38.1 Å². The minimum Gasteiger partial charge on any atom is -0.357 e. The van der Waals surface area contributed by atoms with Gasteiger partial charge < -0.3 is 15.1 Å². The number of nitrogens with one attached hydrogen (secondary N) is 1. The number of halogens is 2. The van der Waals surface area contributed by atoms with E-state index in [1.165, 1.54) is 6.33 Å². The molecule has 11 nitrogen and oxygen atoms in total.